The lowest BCUT2D eigenvalue weighted by Gasteiger charge is -2.14. The molecule has 0 aliphatic rings. The van der Waals surface area contributed by atoms with Crippen molar-refractivity contribution in [3.05, 3.63) is 32.8 Å². The molecule has 1 aromatic rings. The second-order valence-corrected chi connectivity index (χ2v) is 5.65. The van der Waals surface area contributed by atoms with Gasteiger partial charge in [-0.15, -0.1) is 0 Å². The van der Waals surface area contributed by atoms with Gasteiger partial charge in [0.2, 0.25) is 0 Å². The predicted molar refractivity (Wildman–Crippen MR) is 76.9 cm³/mol. The lowest BCUT2D eigenvalue weighted by molar-refractivity contribution is -0.384. The topological polar surface area (TPSA) is 55.2 Å². The van der Waals surface area contributed by atoms with E-state index in [2.05, 4.69) is 27.5 Å². The average Bonchev–Trinajstić information content (AvgIpc) is 2.28. The molecule has 1 atom stereocenters. The number of benzene rings is 1. The Morgan fingerprint density at radius 3 is 2.88 bits per heavy atom. The smallest absolute Gasteiger partial charge is 0.293 e. The molecule has 0 aliphatic carbocycles. The average molecular weight is 319 g/mol. The van der Waals surface area contributed by atoms with E-state index in [0.717, 1.165) is 12.2 Å². The molecule has 0 radical (unpaired) electrons. The zero-order chi connectivity index (χ0) is 12.8. The van der Waals surface area contributed by atoms with Crippen molar-refractivity contribution in [1.82, 2.24) is 0 Å². The Kier molecular flexibility index (Phi) is 5.77. The molecule has 1 aromatic carbocycles. The van der Waals surface area contributed by atoms with E-state index in [0.29, 0.717) is 10.2 Å². The first-order valence-corrected chi connectivity index (χ1v) is 7.42. The van der Waals surface area contributed by atoms with E-state index in [4.69, 9.17) is 0 Å². The first-order valence-electron chi connectivity index (χ1n) is 5.24. The van der Waals surface area contributed by atoms with Crippen LogP contribution >= 0.6 is 27.7 Å². The van der Waals surface area contributed by atoms with Crippen LogP contribution in [0, 0.1) is 10.1 Å². The monoisotopic (exact) mass is 318 g/mol. The number of nitro groups is 1. The lowest BCUT2D eigenvalue weighted by Crippen LogP contribution is -2.16. The van der Waals surface area contributed by atoms with Gasteiger partial charge < -0.3 is 5.32 Å². The standard InChI is InChI=1S/C11H15BrN2O2S/c1-8(5-6-17-2)13-10-4-3-9(12)7-11(10)14(15)16/h3-4,7-8,13H,5-6H2,1-2H3. The van der Waals surface area contributed by atoms with Crippen LogP contribution in [0.2, 0.25) is 0 Å². The number of thioether (sulfide) groups is 1. The van der Waals surface area contributed by atoms with Gasteiger partial charge in [0.05, 0.1) is 4.92 Å². The number of anilines is 1. The summed E-state index contributed by atoms with van der Waals surface area (Å²) in [5, 5.41) is 14.1. The van der Waals surface area contributed by atoms with Gasteiger partial charge in [0.1, 0.15) is 5.69 Å². The Morgan fingerprint density at radius 2 is 2.29 bits per heavy atom. The van der Waals surface area contributed by atoms with Crippen molar-refractivity contribution >= 4 is 39.1 Å². The van der Waals surface area contributed by atoms with Crippen molar-refractivity contribution in [1.29, 1.82) is 0 Å². The molecule has 1 unspecified atom stereocenters. The second-order valence-electron chi connectivity index (χ2n) is 3.75. The fourth-order valence-corrected chi connectivity index (χ4v) is 2.35. The number of hydrogen-bond donors (Lipinski definition) is 1. The van der Waals surface area contributed by atoms with Gasteiger partial charge in [-0.05, 0) is 37.5 Å². The van der Waals surface area contributed by atoms with E-state index in [9.17, 15) is 10.1 Å². The van der Waals surface area contributed by atoms with Crippen molar-refractivity contribution in [3.63, 3.8) is 0 Å². The molecule has 17 heavy (non-hydrogen) atoms. The summed E-state index contributed by atoms with van der Waals surface area (Å²) in [4.78, 5) is 10.5. The van der Waals surface area contributed by atoms with E-state index in [1.807, 2.05) is 6.92 Å². The highest BCUT2D eigenvalue weighted by Crippen LogP contribution is 2.28. The van der Waals surface area contributed by atoms with Crippen LogP contribution in [0.3, 0.4) is 0 Å². The first kappa shape index (κ1) is 14.3. The number of halogens is 1. The summed E-state index contributed by atoms with van der Waals surface area (Å²) < 4.78 is 0.714. The minimum absolute atomic E-state index is 0.107. The summed E-state index contributed by atoms with van der Waals surface area (Å²) in [7, 11) is 0. The third kappa shape index (κ3) is 4.55. The Labute approximate surface area is 113 Å². The number of nitro benzene ring substituents is 1. The van der Waals surface area contributed by atoms with Crippen LogP contribution < -0.4 is 5.32 Å². The van der Waals surface area contributed by atoms with Crippen LogP contribution in [0.25, 0.3) is 0 Å². The highest BCUT2D eigenvalue weighted by Gasteiger charge is 2.15. The van der Waals surface area contributed by atoms with Gasteiger partial charge in [-0.2, -0.15) is 11.8 Å². The number of hydrogen-bond acceptors (Lipinski definition) is 4. The quantitative estimate of drug-likeness (QED) is 0.638. The van der Waals surface area contributed by atoms with Crippen LogP contribution in [-0.4, -0.2) is 23.0 Å². The highest BCUT2D eigenvalue weighted by atomic mass is 79.9. The fourth-order valence-electron chi connectivity index (χ4n) is 1.41. The van der Waals surface area contributed by atoms with Crippen molar-refractivity contribution in [3.8, 4) is 0 Å². The van der Waals surface area contributed by atoms with Gasteiger partial charge in [0.25, 0.3) is 5.69 Å². The van der Waals surface area contributed by atoms with Crippen molar-refractivity contribution in [2.24, 2.45) is 0 Å². The summed E-state index contributed by atoms with van der Waals surface area (Å²) in [5.74, 6) is 1.04. The summed E-state index contributed by atoms with van der Waals surface area (Å²) >= 11 is 5.01. The molecular formula is C11H15BrN2O2S. The molecule has 0 heterocycles. The molecule has 4 nitrogen and oxygen atoms in total. The minimum atomic E-state index is -0.367. The lowest BCUT2D eigenvalue weighted by atomic mass is 10.2. The van der Waals surface area contributed by atoms with E-state index >= 15 is 0 Å². The zero-order valence-corrected chi connectivity index (χ0v) is 12.2. The second kappa shape index (κ2) is 6.86. The van der Waals surface area contributed by atoms with Gasteiger partial charge in [0, 0.05) is 16.6 Å². The molecule has 6 heteroatoms. The first-order chi connectivity index (χ1) is 8.04. The largest absolute Gasteiger partial charge is 0.377 e. The number of nitrogens with zero attached hydrogens (tertiary/aromatic N) is 1. The SMILES string of the molecule is CSCCC(C)Nc1ccc(Br)cc1[N+](=O)[O-]. The molecule has 0 bridgehead atoms. The minimum Gasteiger partial charge on any atom is -0.377 e. The molecule has 0 saturated heterocycles. The van der Waals surface area contributed by atoms with Crippen LogP contribution in [0.5, 0.6) is 0 Å². The number of nitrogens with one attached hydrogen (secondary N) is 1. The van der Waals surface area contributed by atoms with Gasteiger partial charge >= 0.3 is 0 Å². The Morgan fingerprint density at radius 1 is 1.59 bits per heavy atom. The molecule has 0 spiro atoms. The molecule has 1 N–H and O–H groups in total. The predicted octanol–water partition coefficient (Wildman–Crippen LogP) is 3.91. The van der Waals surface area contributed by atoms with Crippen LogP contribution in [-0.2, 0) is 0 Å². The molecular weight excluding hydrogens is 304 g/mol. The third-order valence-electron chi connectivity index (χ3n) is 2.31. The third-order valence-corrected chi connectivity index (χ3v) is 3.45. The van der Waals surface area contributed by atoms with E-state index in [1.54, 1.807) is 23.9 Å². The Bertz CT molecular complexity index is 401. The van der Waals surface area contributed by atoms with Gasteiger partial charge in [0.15, 0.2) is 0 Å². The van der Waals surface area contributed by atoms with Crippen LogP contribution in [0.1, 0.15) is 13.3 Å². The molecule has 0 amide bonds. The Hall–Kier alpha value is -0.750. The molecule has 0 fully saturated rings. The van der Waals surface area contributed by atoms with E-state index < -0.39 is 0 Å². The van der Waals surface area contributed by atoms with Gasteiger partial charge in [-0.1, -0.05) is 15.9 Å². The maximum atomic E-state index is 10.9. The summed E-state index contributed by atoms with van der Waals surface area (Å²) in [6, 6.07) is 5.28. The molecule has 1 rings (SSSR count). The van der Waals surface area contributed by atoms with Crippen molar-refractivity contribution < 1.29 is 4.92 Å². The maximum Gasteiger partial charge on any atom is 0.293 e. The van der Waals surface area contributed by atoms with E-state index in [-0.39, 0.29) is 16.7 Å². The van der Waals surface area contributed by atoms with Crippen LogP contribution in [0.4, 0.5) is 11.4 Å². The Balaban J connectivity index is 2.79. The summed E-state index contributed by atoms with van der Waals surface area (Å²) in [5.41, 5.74) is 0.683. The van der Waals surface area contributed by atoms with Crippen molar-refractivity contribution in [2.75, 3.05) is 17.3 Å². The molecule has 0 saturated carbocycles. The van der Waals surface area contributed by atoms with Crippen LogP contribution in [0.15, 0.2) is 22.7 Å². The zero-order valence-electron chi connectivity index (χ0n) is 9.77. The molecule has 0 aliphatic heterocycles. The van der Waals surface area contributed by atoms with Crippen molar-refractivity contribution in [2.45, 2.75) is 19.4 Å². The highest BCUT2D eigenvalue weighted by molar-refractivity contribution is 9.10. The molecule has 0 aromatic heterocycles. The summed E-state index contributed by atoms with van der Waals surface area (Å²) in [6.45, 7) is 2.03. The normalized spacial score (nSPS) is 12.2. The fraction of sp³-hybridized carbons (Fsp3) is 0.455. The van der Waals surface area contributed by atoms with Gasteiger partial charge in [-0.25, -0.2) is 0 Å². The maximum absolute atomic E-state index is 10.9. The van der Waals surface area contributed by atoms with Gasteiger partial charge in [-0.3, -0.25) is 10.1 Å². The molecule has 94 valence electrons. The number of rotatable bonds is 6. The van der Waals surface area contributed by atoms with E-state index in [1.165, 1.54) is 6.07 Å². The summed E-state index contributed by atoms with van der Waals surface area (Å²) in [6.07, 6.45) is 3.03.